The topological polar surface area (TPSA) is 128 Å². The van der Waals surface area contributed by atoms with Crippen LogP contribution in [0.4, 0.5) is 0 Å². The van der Waals surface area contributed by atoms with Crippen LogP contribution < -0.4 is 5.32 Å². The Morgan fingerprint density at radius 1 is 1.14 bits per heavy atom. The predicted octanol–water partition coefficient (Wildman–Crippen LogP) is 2.61. The Labute approximate surface area is 256 Å². The quantitative estimate of drug-likeness (QED) is 0.375. The summed E-state index contributed by atoms with van der Waals surface area (Å²) >= 11 is 0. The third kappa shape index (κ3) is 6.67. The van der Waals surface area contributed by atoms with Gasteiger partial charge in [0.15, 0.2) is 0 Å². The fourth-order valence-electron chi connectivity index (χ4n) is 6.30. The Hall–Kier alpha value is -2.80. The van der Waals surface area contributed by atoms with Gasteiger partial charge < -0.3 is 15.3 Å². The molecule has 2 aliphatic heterocycles. The van der Waals surface area contributed by atoms with Gasteiger partial charge in [0, 0.05) is 51.0 Å². The van der Waals surface area contributed by atoms with Crippen molar-refractivity contribution in [2.75, 3.05) is 39.8 Å². The average Bonchev–Trinajstić information content (AvgIpc) is 3.25. The lowest BCUT2D eigenvalue weighted by atomic mass is 9.80. The van der Waals surface area contributed by atoms with Gasteiger partial charge in [0.25, 0.3) is 0 Å². The number of carbonyl (C=O) groups excluding carboxylic acids is 2. The molecular formula is C31H48N6O5S. The molecule has 2 fully saturated rings. The highest BCUT2D eigenvalue weighted by atomic mass is 32.2. The number of likely N-dealkylation sites (N-methyl/N-ethyl adjacent to an activating group) is 1. The fourth-order valence-corrected chi connectivity index (χ4v) is 7.47. The van der Waals surface area contributed by atoms with Crippen LogP contribution >= 0.6 is 0 Å². The zero-order valence-electron chi connectivity index (χ0n) is 26.5. The third-order valence-electron chi connectivity index (χ3n) is 8.96. The van der Waals surface area contributed by atoms with Crippen LogP contribution in [0.15, 0.2) is 29.2 Å². The van der Waals surface area contributed by atoms with Crippen molar-refractivity contribution in [3.05, 3.63) is 41.2 Å². The van der Waals surface area contributed by atoms with Crippen molar-refractivity contribution >= 4 is 21.8 Å². The first-order valence-corrected chi connectivity index (χ1v) is 16.9. The Morgan fingerprint density at radius 2 is 1.79 bits per heavy atom. The average molecular weight is 617 g/mol. The SMILES string of the molecule is CCCCN1C(=O)[C@H](CC(C)C)NC(=O)C12CCN(Cc1c(C)nn(-c3ccc(S(=O)(=O)N(C)CCO)cc3)c1C)CC2. The summed E-state index contributed by atoms with van der Waals surface area (Å²) in [5.41, 5.74) is 2.92. The van der Waals surface area contributed by atoms with E-state index in [0.29, 0.717) is 51.4 Å². The Morgan fingerprint density at radius 3 is 2.37 bits per heavy atom. The van der Waals surface area contributed by atoms with E-state index in [0.717, 1.165) is 39.8 Å². The predicted molar refractivity (Wildman–Crippen MR) is 165 cm³/mol. The molecule has 1 spiro atoms. The normalized spacial score (nSPS) is 19.6. The van der Waals surface area contributed by atoms with E-state index < -0.39 is 21.6 Å². The van der Waals surface area contributed by atoms with Gasteiger partial charge in [-0.3, -0.25) is 14.5 Å². The van der Waals surface area contributed by atoms with E-state index in [2.05, 4.69) is 31.0 Å². The number of sulfonamides is 1. The highest BCUT2D eigenvalue weighted by molar-refractivity contribution is 7.89. The Kier molecular flexibility index (Phi) is 10.4. The number of rotatable bonds is 12. The number of piperidine rings is 1. The number of piperazine rings is 1. The van der Waals surface area contributed by atoms with Crippen LogP contribution in [0, 0.1) is 19.8 Å². The number of carbonyl (C=O) groups is 2. The number of nitrogens with one attached hydrogen (secondary N) is 1. The lowest BCUT2D eigenvalue weighted by molar-refractivity contribution is -0.161. The van der Waals surface area contributed by atoms with Crippen LogP contribution in [0.25, 0.3) is 5.69 Å². The van der Waals surface area contributed by atoms with Gasteiger partial charge >= 0.3 is 0 Å². The molecule has 0 bridgehead atoms. The van der Waals surface area contributed by atoms with Crippen molar-refractivity contribution in [3.63, 3.8) is 0 Å². The van der Waals surface area contributed by atoms with Crippen molar-refractivity contribution in [2.45, 2.75) is 89.7 Å². The smallest absolute Gasteiger partial charge is 0.246 e. The monoisotopic (exact) mass is 616 g/mol. The molecule has 2 aromatic rings. The molecule has 0 unspecified atom stereocenters. The zero-order chi connectivity index (χ0) is 31.5. The van der Waals surface area contributed by atoms with E-state index in [4.69, 9.17) is 10.2 Å². The minimum Gasteiger partial charge on any atom is -0.395 e. The summed E-state index contributed by atoms with van der Waals surface area (Å²) in [6, 6.07) is 6.16. The van der Waals surface area contributed by atoms with Crippen molar-refractivity contribution in [1.82, 2.24) is 29.2 Å². The largest absolute Gasteiger partial charge is 0.395 e. The number of likely N-dealkylation sites (tertiary alicyclic amines) is 1. The molecule has 12 heteroatoms. The van der Waals surface area contributed by atoms with Gasteiger partial charge in [0.05, 0.1) is 22.9 Å². The molecule has 1 aromatic heterocycles. The number of unbranched alkanes of at least 4 members (excludes halogenated alkanes) is 1. The van der Waals surface area contributed by atoms with Crippen LogP contribution in [-0.2, 0) is 26.2 Å². The van der Waals surface area contributed by atoms with E-state index in [1.165, 1.54) is 7.05 Å². The minimum atomic E-state index is -3.69. The number of benzene rings is 1. The fraction of sp³-hybridized carbons (Fsp3) is 0.645. The maximum absolute atomic E-state index is 13.6. The molecule has 0 radical (unpaired) electrons. The summed E-state index contributed by atoms with van der Waals surface area (Å²) < 4.78 is 28.4. The van der Waals surface area contributed by atoms with E-state index in [-0.39, 0.29) is 29.9 Å². The van der Waals surface area contributed by atoms with E-state index in [9.17, 15) is 18.0 Å². The van der Waals surface area contributed by atoms with Crippen molar-refractivity contribution < 1.29 is 23.1 Å². The Bertz CT molecular complexity index is 1400. The number of aliphatic hydroxyl groups is 1. The van der Waals surface area contributed by atoms with Gasteiger partial charge in [-0.2, -0.15) is 9.40 Å². The Balaban J connectivity index is 1.48. The van der Waals surface area contributed by atoms with E-state index >= 15 is 0 Å². The summed E-state index contributed by atoms with van der Waals surface area (Å²) in [4.78, 5) is 31.5. The van der Waals surface area contributed by atoms with Crippen LogP contribution in [-0.4, -0.2) is 101 Å². The number of nitrogens with zero attached hydrogens (tertiary/aromatic N) is 5. The van der Waals surface area contributed by atoms with Gasteiger partial charge in [-0.25, -0.2) is 13.1 Å². The molecule has 1 aromatic carbocycles. The second kappa shape index (κ2) is 13.5. The van der Waals surface area contributed by atoms with Crippen molar-refractivity contribution in [2.24, 2.45) is 5.92 Å². The maximum atomic E-state index is 13.6. The molecule has 0 saturated carbocycles. The summed E-state index contributed by atoms with van der Waals surface area (Å²) in [7, 11) is -2.24. The highest BCUT2D eigenvalue weighted by Gasteiger charge is 2.53. The third-order valence-corrected chi connectivity index (χ3v) is 10.8. The minimum absolute atomic E-state index is 0.0123. The van der Waals surface area contributed by atoms with Gasteiger partial charge in [0.2, 0.25) is 21.8 Å². The van der Waals surface area contributed by atoms with Crippen LogP contribution in [0.5, 0.6) is 0 Å². The van der Waals surface area contributed by atoms with Crippen molar-refractivity contribution in [3.8, 4) is 5.69 Å². The van der Waals surface area contributed by atoms with Crippen LogP contribution in [0.2, 0.25) is 0 Å². The molecular weight excluding hydrogens is 568 g/mol. The second-order valence-corrected chi connectivity index (χ2v) is 14.5. The lowest BCUT2D eigenvalue weighted by Crippen LogP contribution is -2.73. The molecule has 2 saturated heterocycles. The van der Waals surface area contributed by atoms with Gasteiger partial charge in [-0.05, 0) is 69.7 Å². The molecule has 2 N–H and O–H groups in total. The van der Waals surface area contributed by atoms with Crippen LogP contribution in [0.1, 0.15) is 69.8 Å². The first-order valence-electron chi connectivity index (χ1n) is 15.4. The second-order valence-electron chi connectivity index (χ2n) is 12.4. The number of hydrogen-bond donors (Lipinski definition) is 2. The summed E-state index contributed by atoms with van der Waals surface area (Å²) in [6.07, 6.45) is 3.68. The van der Waals surface area contributed by atoms with Gasteiger partial charge in [-0.1, -0.05) is 27.2 Å². The zero-order valence-corrected chi connectivity index (χ0v) is 27.3. The number of hydrogen-bond acceptors (Lipinski definition) is 7. The number of aromatic nitrogens is 2. The summed E-state index contributed by atoms with van der Waals surface area (Å²) in [5, 5.41) is 17.0. The molecule has 2 amide bonds. The molecule has 2 aliphatic rings. The molecule has 4 rings (SSSR count). The van der Waals surface area contributed by atoms with E-state index in [1.54, 1.807) is 24.3 Å². The molecule has 0 aliphatic carbocycles. The first-order chi connectivity index (χ1) is 20.3. The van der Waals surface area contributed by atoms with Crippen LogP contribution in [0.3, 0.4) is 0 Å². The first kappa shape index (κ1) is 33.1. The standard InChI is InChI=1S/C31H48N6O5S/c1-7-8-15-36-29(39)28(20-22(2)3)32-30(40)31(36)13-16-35(17-14-31)21-27-23(4)33-37(24(27)5)25-9-11-26(12-10-25)43(41,42)34(6)18-19-38/h9-12,22,28,38H,7-8,13-21H2,1-6H3,(H,32,40)/t28-/m0/s1. The molecule has 43 heavy (non-hydrogen) atoms. The molecule has 11 nitrogen and oxygen atoms in total. The molecule has 3 heterocycles. The maximum Gasteiger partial charge on any atom is 0.246 e. The molecule has 1 atom stereocenters. The van der Waals surface area contributed by atoms with Crippen molar-refractivity contribution in [1.29, 1.82) is 0 Å². The summed E-state index contributed by atoms with van der Waals surface area (Å²) in [6.45, 7) is 12.7. The molecule has 238 valence electrons. The van der Waals surface area contributed by atoms with Gasteiger partial charge in [0.1, 0.15) is 11.6 Å². The van der Waals surface area contributed by atoms with Gasteiger partial charge in [-0.15, -0.1) is 0 Å². The number of amides is 2. The lowest BCUT2D eigenvalue weighted by Gasteiger charge is -2.52. The summed E-state index contributed by atoms with van der Waals surface area (Å²) in [5.74, 6) is 0.360. The number of aryl methyl sites for hydroxylation is 1. The van der Waals surface area contributed by atoms with E-state index in [1.807, 2.05) is 23.4 Å². The number of aliphatic hydroxyl groups excluding tert-OH is 1. The highest BCUT2D eigenvalue weighted by Crippen LogP contribution is 2.35.